The van der Waals surface area contributed by atoms with Crippen LogP contribution in [-0.2, 0) is 4.79 Å². The van der Waals surface area contributed by atoms with Crippen LogP contribution >= 0.6 is 12.4 Å². The Kier molecular flexibility index (Phi) is 6.97. The van der Waals surface area contributed by atoms with E-state index >= 15 is 0 Å². The minimum Gasteiger partial charge on any atom is -0.342 e. The number of carbonyl (C=O) groups is 2. The number of nitrogens with two attached hydrogens (primary N) is 1. The number of Topliss-reactive ketones (excluding diaryl/α,β-unsaturated/α-hetero) is 1. The van der Waals surface area contributed by atoms with Crippen LogP contribution in [0, 0.1) is 17.7 Å². The highest BCUT2D eigenvalue weighted by molar-refractivity contribution is 5.99. The first-order valence-corrected chi connectivity index (χ1v) is 7.29. The van der Waals surface area contributed by atoms with E-state index in [0.717, 1.165) is 6.42 Å². The molecule has 2 unspecified atom stereocenters. The lowest BCUT2D eigenvalue weighted by Crippen LogP contribution is -2.32. The molecule has 2 atom stereocenters. The molecule has 0 radical (unpaired) electrons. The van der Waals surface area contributed by atoms with Gasteiger partial charge in [-0.3, -0.25) is 9.59 Å². The summed E-state index contributed by atoms with van der Waals surface area (Å²) < 4.78 is 13.1. The smallest absolute Gasteiger partial charge is 0.223 e. The Balaban J connectivity index is 0.00000242. The molecule has 122 valence electrons. The second kappa shape index (κ2) is 8.25. The third kappa shape index (κ3) is 4.52. The summed E-state index contributed by atoms with van der Waals surface area (Å²) in [7, 11) is 0. The summed E-state index contributed by atoms with van der Waals surface area (Å²) in [5, 5.41) is 0. The predicted octanol–water partition coefficient (Wildman–Crippen LogP) is 2.26. The Morgan fingerprint density at radius 1 is 1.45 bits per heavy atom. The van der Waals surface area contributed by atoms with Crippen LogP contribution in [-0.4, -0.2) is 36.2 Å². The van der Waals surface area contributed by atoms with E-state index in [2.05, 4.69) is 0 Å². The molecule has 6 heteroatoms. The quantitative estimate of drug-likeness (QED) is 0.843. The van der Waals surface area contributed by atoms with E-state index in [1.54, 1.807) is 17.9 Å². The Hall–Kier alpha value is -1.46. The highest BCUT2D eigenvalue weighted by Gasteiger charge is 2.27. The maximum absolute atomic E-state index is 13.1. The third-order valence-electron chi connectivity index (χ3n) is 4.01. The average molecular weight is 329 g/mol. The summed E-state index contributed by atoms with van der Waals surface area (Å²) in [4.78, 5) is 26.2. The van der Waals surface area contributed by atoms with Gasteiger partial charge in [0, 0.05) is 31.0 Å². The van der Waals surface area contributed by atoms with Gasteiger partial charge in [0.1, 0.15) is 5.82 Å². The summed E-state index contributed by atoms with van der Waals surface area (Å²) in [6.07, 6.45) is 1.08. The van der Waals surface area contributed by atoms with E-state index in [1.165, 1.54) is 18.2 Å². The zero-order valence-corrected chi connectivity index (χ0v) is 13.4. The molecule has 1 aromatic rings. The van der Waals surface area contributed by atoms with Gasteiger partial charge in [-0.05, 0) is 31.0 Å². The number of hydrogen-bond donors (Lipinski definition) is 1. The number of halogens is 2. The molecule has 0 spiro atoms. The Morgan fingerprint density at radius 3 is 2.77 bits per heavy atom. The van der Waals surface area contributed by atoms with Gasteiger partial charge in [0.15, 0.2) is 5.78 Å². The van der Waals surface area contributed by atoms with Crippen molar-refractivity contribution in [1.29, 1.82) is 0 Å². The number of rotatable bonds is 5. The molecule has 1 saturated heterocycles. The number of amides is 1. The van der Waals surface area contributed by atoms with Gasteiger partial charge >= 0.3 is 0 Å². The van der Waals surface area contributed by atoms with Crippen LogP contribution in [0.1, 0.15) is 30.1 Å². The second-order valence-electron chi connectivity index (χ2n) is 5.71. The molecule has 0 saturated carbocycles. The molecule has 2 N–H and O–H groups in total. The van der Waals surface area contributed by atoms with Crippen LogP contribution in [0.25, 0.3) is 0 Å². The highest BCUT2D eigenvalue weighted by Crippen LogP contribution is 2.19. The summed E-state index contributed by atoms with van der Waals surface area (Å²) in [5.41, 5.74) is 5.92. The van der Waals surface area contributed by atoms with Gasteiger partial charge in [0.05, 0.1) is 0 Å². The minimum absolute atomic E-state index is 0. The fourth-order valence-electron chi connectivity index (χ4n) is 2.66. The molecule has 0 aliphatic carbocycles. The first-order chi connectivity index (χ1) is 10.0. The first-order valence-electron chi connectivity index (χ1n) is 7.29. The van der Waals surface area contributed by atoms with Crippen LogP contribution in [0.3, 0.4) is 0 Å². The zero-order valence-electron chi connectivity index (χ0n) is 12.6. The van der Waals surface area contributed by atoms with Gasteiger partial charge in [-0.2, -0.15) is 0 Å². The monoisotopic (exact) mass is 328 g/mol. The van der Waals surface area contributed by atoms with Crippen LogP contribution in [0.2, 0.25) is 0 Å². The van der Waals surface area contributed by atoms with Crippen LogP contribution in [0.4, 0.5) is 4.39 Å². The molecule has 1 amide bonds. The van der Waals surface area contributed by atoms with Crippen LogP contribution in [0.5, 0.6) is 0 Å². The minimum atomic E-state index is -0.448. The summed E-state index contributed by atoms with van der Waals surface area (Å²) in [5.74, 6) is -0.746. The molecule has 4 nitrogen and oxygen atoms in total. The molecule has 0 bridgehead atoms. The number of likely N-dealkylation sites (tertiary alicyclic amines) is 1. The summed E-state index contributed by atoms with van der Waals surface area (Å²) >= 11 is 0. The van der Waals surface area contributed by atoms with Crippen LogP contribution in [0.15, 0.2) is 24.3 Å². The normalized spacial score (nSPS) is 18.7. The zero-order chi connectivity index (χ0) is 15.4. The molecular weight excluding hydrogens is 307 g/mol. The van der Waals surface area contributed by atoms with E-state index in [0.29, 0.717) is 31.1 Å². The molecule has 1 aromatic carbocycles. The topological polar surface area (TPSA) is 63.4 Å². The van der Waals surface area contributed by atoms with E-state index < -0.39 is 11.7 Å². The van der Waals surface area contributed by atoms with Crippen molar-refractivity contribution in [2.75, 3.05) is 19.6 Å². The molecular formula is C16H22ClFN2O2. The Morgan fingerprint density at radius 2 is 2.18 bits per heavy atom. The van der Waals surface area contributed by atoms with Gasteiger partial charge in [0.2, 0.25) is 5.91 Å². The molecule has 1 aliphatic rings. The lowest BCUT2D eigenvalue weighted by Gasteiger charge is -2.18. The lowest BCUT2D eigenvalue weighted by atomic mass is 9.96. The first kappa shape index (κ1) is 18.6. The van der Waals surface area contributed by atoms with Gasteiger partial charge in [-0.1, -0.05) is 19.1 Å². The number of nitrogens with zero attached hydrogens (tertiary/aromatic N) is 1. The van der Waals surface area contributed by atoms with E-state index in [-0.39, 0.29) is 30.5 Å². The molecule has 22 heavy (non-hydrogen) atoms. The molecule has 2 rings (SSSR count). The van der Waals surface area contributed by atoms with Crippen molar-refractivity contribution in [1.82, 2.24) is 4.90 Å². The maximum atomic E-state index is 13.1. The second-order valence-corrected chi connectivity index (χ2v) is 5.71. The standard InChI is InChI=1S/C16H21FN2O2.ClH/c1-11(16(21)13-3-2-4-14(17)8-13)7-15(20)19-6-5-12(9-18)10-19;/h2-4,8,11-12H,5-7,9-10,18H2,1H3;1H. The van der Waals surface area contributed by atoms with Gasteiger partial charge in [-0.15, -0.1) is 12.4 Å². The van der Waals surface area contributed by atoms with Gasteiger partial charge in [0.25, 0.3) is 0 Å². The molecule has 1 heterocycles. The van der Waals surface area contributed by atoms with Crippen molar-refractivity contribution in [3.8, 4) is 0 Å². The Labute approximate surface area is 136 Å². The third-order valence-corrected chi connectivity index (χ3v) is 4.01. The number of hydrogen-bond acceptors (Lipinski definition) is 3. The molecule has 0 aromatic heterocycles. The molecule has 1 fully saturated rings. The Bertz CT molecular complexity index is 539. The largest absolute Gasteiger partial charge is 0.342 e. The molecule has 1 aliphatic heterocycles. The summed E-state index contributed by atoms with van der Waals surface area (Å²) in [6.45, 7) is 3.68. The van der Waals surface area contributed by atoms with Gasteiger partial charge < -0.3 is 10.6 Å². The van der Waals surface area contributed by atoms with Gasteiger partial charge in [-0.25, -0.2) is 4.39 Å². The van der Waals surface area contributed by atoms with Crippen molar-refractivity contribution in [3.63, 3.8) is 0 Å². The van der Waals surface area contributed by atoms with E-state index in [1.807, 2.05) is 0 Å². The van der Waals surface area contributed by atoms with Crippen molar-refractivity contribution >= 4 is 24.1 Å². The number of benzene rings is 1. The average Bonchev–Trinajstić information content (AvgIpc) is 2.95. The highest BCUT2D eigenvalue weighted by atomic mass is 35.5. The van der Waals surface area contributed by atoms with Crippen molar-refractivity contribution in [2.24, 2.45) is 17.6 Å². The van der Waals surface area contributed by atoms with Crippen molar-refractivity contribution < 1.29 is 14.0 Å². The fourth-order valence-corrected chi connectivity index (χ4v) is 2.66. The maximum Gasteiger partial charge on any atom is 0.223 e. The predicted molar refractivity (Wildman–Crippen MR) is 85.5 cm³/mol. The van der Waals surface area contributed by atoms with Crippen LogP contribution < -0.4 is 5.73 Å². The number of ketones is 1. The lowest BCUT2D eigenvalue weighted by molar-refractivity contribution is -0.130. The van der Waals surface area contributed by atoms with Crippen molar-refractivity contribution in [3.05, 3.63) is 35.6 Å². The summed E-state index contributed by atoms with van der Waals surface area (Å²) in [6, 6.07) is 5.59. The van der Waals surface area contributed by atoms with E-state index in [9.17, 15) is 14.0 Å². The van der Waals surface area contributed by atoms with E-state index in [4.69, 9.17) is 5.73 Å². The fraction of sp³-hybridized carbons (Fsp3) is 0.500. The number of carbonyl (C=O) groups excluding carboxylic acids is 2. The SMILES string of the molecule is CC(CC(=O)N1CCC(CN)C1)C(=O)c1cccc(F)c1.Cl. The van der Waals surface area contributed by atoms with Crippen molar-refractivity contribution in [2.45, 2.75) is 19.8 Å².